The molecule has 92 valence electrons. The van der Waals surface area contributed by atoms with Crippen molar-refractivity contribution in [1.82, 2.24) is 0 Å². The average Bonchev–Trinajstić information content (AvgIpc) is 2.26. The monoisotopic (exact) mass is 217 g/mol. The molecule has 0 spiro atoms. The Morgan fingerprint density at radius 1 is 1.07 bits per heavy atom. The van der Waals surface area contributed by atoms with Crippen LogP contribution in [0.25, 0.3) is 0 Å². The number of nitrogens with two attached hydrogens (primary N) is 1. The molecule has 0 aliphatic heterocycles. The van der Waals surface area contributed by atoms with Gasteiger partial charge in [-0.05, 0) is 19.3 Å². The Morgan fingerprint density at radius 3 is 2.33 bits per heavy atom. The smallest absolute Gasteiger partial charge is 0.0700 e. The fourth-order valence-electron chi connectivity index (χ4n) is 1.53. The van der Waals surface area contributed by atoms with Crippen LogP contribution in [-0.4, -0.2) is 32.5 Å². The Labute approximate surface area is 94.3 Å². The van der Waals surface area contributed by atoms with E-state index >= 15 is 0 Å². The molecule has 0 aromatic carbocycles. The molecule has 3 nitrogen and oxygen atoms in total. The van der Waals surface area contributed by atoms with Gasteiger partial charge in [0.05, 0.1) is 13.2 Å². The number of methoxy groups -OCH3 is 1. The van der Waals surface area contributed by atoms with Gasteiger partial charge in [0.1, 0.15) is 0 Å². The summed E-state index contributed by atoms with van der Waals surface area (Å²) in [7, 11) is 1.68. The maximum Gasteiger partial charge on any atom is 0.0700 e. The summed E-state index contributed by atoms with van der Waals surface area (Å²) in [6, 6.07) is 0. The van der Waals surface area contributed by atoms with Crippen molar-refractivity contribution >= 4 is 0 Å². The Balaban J connectivity index is 3.58. The largest absolute Gasteiger partial charge is 0.382 e. The van der Waals surface area contributed by atoms with Crippen LogP contribution in [0.2, 0.25) is 0 Å². The number of ether oxygens (including phenoxy) is 2. The van der Waals surface area contributed by atoms with Crippen molar-refractivity contribution < 1.29 is 9.47 Å². The molecule has 0 aliphatic carbocycles. The molecule has 0 saturated heterocycles. The predicted molar refractivity (Wildman–Crippen MR) is 64.0 cm³/mol. The molecule has 0 aliphatic rings. The van der Waals surface area contributed by atoms with Gasteiger partial charge in [-0.1, -0.05) is 26.7 Å². The molecular weight excluding hydrogens is 190 g/mol. The second-order valence-corrected chi connectivity index (χ2v) is 4.17. The van der Waals surface area contributed by atoms with Crippen molar-refractivity contribution in [2.24, 2.45) is 5.73 Å². The van der Waals surface area contributed by atoms with E-state index < -0.39 is 0 Å². The van der Waals surface area contributed by atoms with E-state index in [0.717, 1.165) is 25.9 Å². The summed E-state index contributed by atoms with van der Waals surface area (Å²) >= 11 is 0. The summed E-state index contributed by atoms with van der Waals surface area (Å²) in [5.74, 6) is 0. The fraction of sp³-hybridized carbons (Fsp3) is 1.00. The van der Waals surface area contributed by atoms with Crippen LogP contribution >= 0.6 is 0 Å². The lowest BCUT2D eigenvalue weighted by molar-refractivity contribution is 0.0596. The van der Waals surface area contributed by atoms with E-state index in [2.05, 4.69) is 13.8 Å². The van der Waals surface area contributed by atoms with Crippen LogP contribution in [0.15, 0.2) is 0 Å². The Bertz CT molecular complexity index is 142. The van der Waals surface area contributed by atoms with E-state index in [-0.39, 0.29) is 5.54 Å². The molecule has 0 aromatic rings. The molecule has 1 atom stereocenters. The third-order valence-corrected chi connectivity index (χ3v) is 2.91. The second-order valence-electron chi connectivity index (χ2n) is 4.17. The molecule has 1 unspecified atom stereocenters. The quantitative estimate of drug-likeness (QED) is 0.571. The van der Waals surface area contributed by atoms with E-state index in [1.165, 1.54) is 12.8 Å². The summed E-state index contributed by atoms with van der Waals surface area (Å²) < 4.78 is 10.4. The first-order valence-electron chi connectivity index (χ1n) is 6.04. The van der Waals surface area contributed by atoms with Crippen LogP contribution in [0.4, 0.5) is 0 Å². The Kier molecular flexibility index (Phi) is 9.06. The standard InChI is InChI=1S/C12H27NO2/c1-4-6-7-12(13,5-2)8-9-15-11-10-14-3/h4-11,13H2,1-3H3. The molecule has 0 rings (SSSR count). The van der Waals surface area contributed by atoms with Gasteiger partial charge in [-0.2, -0.15) is 0 Å². The van der Waals surface area contributed by atoms with Crippen molar-refractivity contribution in [3.8, 4) is 0 Å². The van der Waals surface area contributed by atoms with Crippen molar-refractivity contribution in [1.29, 1.82) is 0 Å². The van der Waals surface area contributed by atoms with Crippen molar-refractivity contribution in [2.75, 3.05) is 26.9 Å². The zero-order valence-corrected chi connectivity index (χ0v) is 10.6. The maximum atomic E-state index is 6.29. The second kappa shape index (κ2) is 9.13. The summed E-state index contributed by atoms with van der Waals surface area (Å²) in [5, 5.41) is 0. The number of unbranched alkanes of at least 4 members (excludes halogenated alkanes) is 1. The highest BCUT2D eigenvalue weighted by molar-refractivity contribution is 4.81. The predicted octanol–water partition coefficient (Wildman–Crippen LogP) is 2.34. The van der Waals surface area contributed by atoms with Crippen LogP contribution in [0.3, 0.4) is 0 Å². The van der Waals surface area contributed by atoms with Gasteiger partial charge in [0.15, 0.2) is 0 Å². The van der Waals surface area contributed by atoms with Gasteiger partial charge >= 0.3 is 0 Å². The van der Waals surface area contributed by atoms with Crippen LogP contribution in [-0.2, 0) is 9.47 Å². The van der Waals surface area contributed by atoms with Crippen molar-refractivity contribution in [3.63, 3.8) is 0 Å². The minimum absolute atomic E-state index is 0.0247. The van der Waals surface area contributed by atoms with E-state index in [4.69, 9.17) is 15.2 Å². The zero-order chi connectivity index (χ0) is 11.6. The van der Waals surface area contributed by atoms with Gasteiger partial charge in [-0.3, -0.25) is 0 Å². The van der Waals surface area contributed by atoms with Gasteiger partial charge in [0.2, 0.25) is 0 Å². The normalized spacial score (nSPS) is 15.2. The van der Waals surface area contributed by atoms with E-state index in [1.807, 2.05) is 0 Å². The zero-order valence-electron chi connectivity index (χ0n) is 10.6. The highest BCUT2D eigenvalue weighted by atomic mass is 16.5. The van der Waals surface area contributed by atoms with Crippen molar-refractivity contribution in [3.05, 3.63) is 0 Å². The lowest BCUT2D eigenvalue weighted by Gasteiger charge is -2.28. The SMILES string of the molecule is CCCCC(N)(CC)CCOCCOC. The van der Waals surface area contributed by atoms with Crippen LogP contribution in [0, 0.1) is 0 Å². The van der Waals surface area contributed by atoms with E-state index in [9.17, 15) is 0 Å². The molecule has 2 N–H and O–H groups in total. The molecule has 0 bridgehead atoms. The molecule has 0 fully saturated rings. The summed E-state index contributed by atoms with van der Waals surface area (Å²) in [5.41, 5.74) is 6.26. The van der Waals surface area contributed by atoms with Crippen molar-refractivity contribution in [2.45, 2.75) is 51.5 Å². The molecular formula is C12H27NO2. The first-order valence-corrected chi connectivity index (χ1v) is 6.04. The number of rotatable bonds is 10. The first-order chi connectivity index (χ1) is 7.18. The molecule has 3 heteroatoms. The Morgan fingerprint density at radius 2 is 1.80 bits per heavy atom. The third kappa shape index (κ3) is 7.77. The Hall–Kier alpha value is -0.120. The number of hydrogen-bond donors (Lipinski definition) is 1. The highest BCUT2D eigenvalue weighted by Crippen LogP contribution is 2.19. The molecule has 0 aromatic heterocycles. The van der Waals surface area contributed by atoms with E-state index in [0.29, 0.717) is 13.2 Å². The summed E-state index contributed by atoms with van der Waals surface area (Å²) in [4.78, 5) is 0. The fourth-order valence-corrected chi connectivity index (χ4v) is 1.53. The number of hydrogen-bond acceptors (Lipinski definition) is 3. The van der Waals surface area contributed by atoms with E-state index in [1.54, 1.807) is 7.11 Å². The summed E-state index contributed by atoms with van der Waals surface area (Å²) in [6.07, 6.45) is 5.51. The van der Waals surface area contributed by atoms with Gasteiger partial charge in [0, 0.05) is 19.3 Å². The van der Waals surface area contributed by atoms with Gasteiger partial charge in [0.25, 0.3) is 0 Å². The molecule has 0 heterocycles. The lowest BCUT2D eigenvalue weighted by atomic mass is 9.88. The van der Waals surface area contributed by atoms with Gasteiger partial charge in [-0.15, -0.1) is 0 Å². The first kappa shape index (κ1) is 14.9. The average molecular weight is 217 g/mol. The molecule has 15 heavy (non-hydrogen) atoms. The lowest BCUT2D eigenvalue weighted by Crippen LogP contribution is -2.40. The van der Waals surface area contributed by atoms with Gasteiger partial charge < -0.3 is 15.2 Å². The summed E-state index contributed by atoms with van der Waals surface area (Å²) in [6.45, 7) is 6.44. The molecule has 0 amide bonds. The van der Waals surface area contributed by atoms with Crippen LogP contribution in [0.5, 0.6) is 0 Å². The molecule has 0 saturated carbocycles. The highest BCUT2D eigenvalue weighted by Gasteiger charge is 2.21. The van der Waals surface area contributed by atoms with Crippen LogP contribution in [0.1, 0.15) is 46.0 Å². The van der Waals surface area contributed by atoms with Gasteiger partial charge in [-0.25, -0.2) is 0 Å². The minimum atomic E-state index is -0.0247. The maximum absolute atomic E-state index is 6.29. The topological polar surface area (TPSA) is 44.5 Å². The minimum Gasteiger partial charge on any atom is -0.382 e. The van der Waals surface area contributed by atoms with Crippen LogP contribution < -0.4 is 5.73 Å². The third-order valence-electron chi connectivity index (χ3n) is 2.91. The molecule has 0 radical (unpaired) electrons.